The summed E-state index contributed by atoms with van der Waals surface area (Å²) in [6.07, 6.45) is 2.04. The fraction of sp³-hybridized carbons (Fsp3) is 0.421. The van der Waals surface area contributed by atoms with Crippen LogP contribution in [0.4, 0.5) is 0 Å². The molecule has 0 aliphatic carbocycles. The van der Waals surface area contributed by atoms with Crippen LogP contribution in [0.1, 0.15) is 41.3 Å². The summed E-state index contributed by atoms with van der Waals surface area (Å²) in [6.45, 7) is 8.49. The van der Waals surface area contributed by atoms with E-state index in [4.69, 9.17) is 0 Å². The Hall–Kier alpha value is -1.85. The molecule has 4 rings (SSSR count). The first-order chi connectivity index (χ1) is 11.6. The summed E-state index contributed by atoms with van der Waals surface area (Å²) in [5, 5.41) is 0. The summed E-state index contributed by atoms with van der Waals surface area (Å²) in [7, 11) is 0. The van der Waals surface area contributed by atoms with E-state index >= 15 is 0 Å². The molecule has 0 fully saturated rings. The van der Waals surface area contributed by atoms with E-state index in [2.05, 4.69) is 51.9 Å². The minimum Gasteiger partial charge on any atom is -0.296 e. The van der Waals surface area contributed by atoms with Gasteiger partial charge in [-0.05, 0) is 50.5 Å². The standard InChI is InChI=1S/C19H22N4S/c1-12-16-6-8-23(9-7-17(16)22-14(3)21-12)13(2)15-4-5-19-18(10-15)20-11-24-19/h4-5,10-11,13H,6-9H2,1-3H3/t13-/m0/s1. The van der Waals surface area contributed by atoms with Crippen LogP contribution in [0.25, 0.3) is 10.2 Å². The molecule has 0 radical (unpaired) electrons. The second-order valence-corrected chi connectivity index (χ2v) is 7.46. The van der Waals surface area contributed by atoms with Crippen LogP contribution in [0, 0.1) is 13.8 Å². The topological polar surface area (TPSA) is 41.9 Å². The summed E-state index contributed by atoms with van der Waals surface area (Å²) in [5.41, 5.74) is 8.12. The average Bonchev–Trinajstić information content (AvgIpc) is 2.93. The molecule has 1 aliphatic heterocycles. The number of benzene rings is 1. The van der Waals surface area contributed by atoms with Crippen LogP contribution in [-0.4, -0.2) is 32.9 Å². The van der Waals surface area contributed by atoms with E-state index in [0.717, 1.165) is 43.0 Å². The molecule has 4 nitrogen and oxygen atoms in total. The molecule has 1 atom stereocenters. The maximum absolute atomic E-state index is 4.69. The van der Waals surface area contributed by atoms with E-state index in [1.165, 1.54) is 21.5 Å². The molecular weight excluding hydrogens is 316 g/mol. The Morgan fingerprint density at radius 1 is 1.12 bits per heavy atom. The van der Waals surface area contributed by atoms with Crippen molar-refractivity contribution in [2.24, 2.45) is 0 Å². The van der Waals surface area contributed by atoms with Crippen molar-refractivity contribution < 1.29 is 0 Å². The van der Waals surface area contributed by atoms with Gasteiger partial charge in [-0.1, -0.05) is 6.07 Å². The molecule has 124 valence electrons. The Morgan fingerprint density at radius 3 is 2.83 bits per heavy atom. The highest BCUT2D eigenvalue weighted by atomic mass is 32.1. The van der Waals surface area contributed by atoms with Crippen molar-refractivity contribution in [3.05, 3.63) is 52.0 Å². The van der Waals surface area contributed by atoms with Crippen LogP contribution < -0.4 is 0 Å². The SMILES string of the molecule is Cc1nc(C)c2c(n1)CCN([C@@H](C)c1ccc3scnc3c1)CC2. The van der Waals surface area contributed by atoms with Crippen molar-refractivity contribution in [1.82, 2.24) is 19.9 Å². The predicted molar refractivity (Wildman–Crippen MR) is 98.5 cm³/mol. The lowest BCUT2D eigenvalue weighted by molar-refractivity contribution is 0.221. The van der Waals surface area contributed by atoms with Crippen molar-refractivity contribution >= 4 is 21.6 Å². The van der Waals surface area contributed by atoms with Crippen molar-refractivity contribution in [2.45, 2.75) is 39.7 Å². The van der Waals surface area contributed by atoms with E-state index in [9.17, 15) is 0 Å². The van der Waals surface area contributed by atoms with Crippen molar-refractivity contribution in [3.63, 3.8) is 0 Å². The van der Waals surface area contributed by atoms with E-state index in [1.807, 2.05) is 12.4 Å². The second-order valence-electron chi connectivity index (χ2n) is 6.57. The minimum absolute atomic E-state index is 0.389. The number of aromatic nitrogens is 3. The maximum atomic E-state index is 4.69. The highest BCUT2D eigenvalue weighted by molar-refractivity contribution is 7.16. The number of thiazole rings is 1. The molecule has 0 amide bonds. The zero-order valence-electron chi connectivity index (χ0n) is 14.4. The molecule has 0 bridgehead atoms. The molecule has 0 spiro atoms. The number of hydrogen-bond acceptors (Lipinski definition) is 5. The third kappa shape index (κ3) is 2.82. The Balaban J connectivity index is 1.58. The quantitative estimate of drug-likeness (QED) is 0.711. The maximum Gasteiger partial charge on any atom is 0.125 e. The van der Waals surface area contributed by atoms with Gasteiger partial charge in [-0.25, -0.2) is 15.0 Å². The van der Waals surface area contributed by atoms with Crippen LogP contribution in [0.15, 0.2) is 23.7 Å². The average molecular weight is 338 g/mol. The normalized spacial score (nSPS) is 16.8. The summed E-state index contributed by atoms with van der Waals surface area (Å²) < 4.78 is 1.26. The van der Waals surface area contributed by atoms with Crippen LogP contribution in [0.3, 0.4) is 0 Å². The smallest absolute Gasteiger partial charge is 0.125 e. The lowest BCUT2D eigenvalue weighted by Gasteiger charge is -2.27. The second kappa shape index (κ2) is 6.22. The van der Waals surface area contributed by atoms with Crippen molar-refractivity contribution in [2.75, 3.05) is 13.1 Å². The van der Waals surface area contributed by atoms with Crippen LogP contribution in [0.2, 0.25) is 0 Å². The molecule has 5 heteroatoms. The predicted octanol–water partition coefficient (Wildman–Crippen LogP) is 3.86. The molecule has 24 heavy (non-hydrogen) atoms. The zero-order chi connectivity index (χ0) is 16.7. The van der Waals surface area contributed by atoms with Gasteiger partial charge in [0.2, 0.25) is 0 Å². The highest BCUT2D eigenvalue weighted by Crippen LogP contribution is 2.28. The molecule has 1 aliphatic rings. The van der Waals surface area contributed by atoms with Gasteiger partial charge in [0, 0.05) is 36.9 Å². The van der Waals surface area contributed by atoms with Crippen molar-refractivity contribution in [3.8, 4) is 0 Å². The highest BCUT2D eigenvalue weighted by Gasteiger charge is 2.22. The molecule has 0 unspecified atom stereocenters. The molecule has 0 saturated carbocycles. The molecule has 0 saturated heterocycles. The van der Waals surface area contributed by atoms with Gasteiger partial charge in [-0.2, -0.15) is 0 Å². The van der Waals surface area contributed by atoms with Crippen LogP contribution >= 0.6 is 11.3 Å². The summed E-state index contributed by atoms with van der Waals surface area (Å²) in [6, 6.07) is 7.08. The van der Waals surface area contributed by atoms with Gasteiger partial charge >= 0.3 is 0 Å². The summed E-state index contributed by atoms with van der Waals surface area (Å²) in [5.74, 6) is 0.890. The first-order valence-corrected chi connectivity index (χ1v) is 9.40. The van der Waals surface area contributed by atoms with Gasteiger partial charge in [0.25, 0.3) is 0 Å². The molecule has 2 aromatic heterocycles. The zero-order valence-corrected chi connectivity index (χ0v) is 15.2. The van der Waals surface area contributed by atoms with Gasteiger partial charge in [-0.3, -0.25) is 4.90 Å². The third-order valence-electron chi connectivity index (χ3n) is 5.08. The Kier molecular flexibility index (Phi) is 4.06. The van der Waals surface area contributed by atoms with Gasteiger partial charge in [-0.15, -0.1) is 11.3 Å². The van der Waals surface area contributed by atoms with E-state index in [1.54, 1.807) is 11.3 Å². The largest absolute Gasteiger partial charge is 0.296 e. The van der Waals surface area contributed by atoms with Gasteiger partial charge in [0.05, 0.1) is 15.7 Å². The van der Waals surface area contributed by atoms with Gasteiger partial charge < -0.3 is 0 Å². The Bertz CT molecular complexity index is 886. The first kappa shape index (κ1) is 15.7. The van der Waals surface area contributed by atoms with Crippen LogP contribution in [-0.2, 0) is 12.8 Å². The van der Waals surface area contributed by atoms with E-state index < -0.39 is 0 Å². The minimum atomic E-state index is 0.389. The van der Waals surface area contributed by atoms with Crippen LogP contribution in [0.5, 0.6) is 0 Å². The first-order valence-electron chi connectivity index (χ1n) is 8.52. The fourth-order valence-electron chi connectivity index (χ4n) is 3.69. The number of hydrogen-bond donors (Lipinski definition) is 0. The van der Waals surface area contributed by atoms with Gasteiger partial charge in [0.1, 0.15) is 5.82 Å². The van der Waals surface area contributed by atoms with Crippen molar-refractivity contribution in [1.29, 1.82) is 0 Å². The Morgan fingerprint density at radius 2 is 1.96 bits per heavy atom. The molecule has 3 heterocycles. The summed E-state index contributed by atoms with van der Waals surface area (Å²) >= 11 is 1.70. The number of rotatable bonds is 2. The molecule has 3 aromatic rings. The third-order valence-corrected chi connectivity index (χ3v) is 5.89. The lowest BCUT2D eigenvalue weighted by atomic mass is 10.1. The molecule has 0 N–H and O–H groups in total. The summed E-state index contributed by atoms with van der Waals surface area (Å²) in [4.78, 5) is 16.3. The molecular formula is C19H22N4S. The number of nitrogens with zero attached hydrogens (tertiary/aromatic N) is 4. The van der Waals surface area contributed by atoms with E-state index in [0.29, 0.717) is 6.04 Å². The number of fused-ring (bicyclic) bond motifs is 2. The molecule has 1 aromatic carbocycles. The Labute approximate surface area is 146 Å². The lowest BCUT2D eigenvalue weighted by Crippen LogP contribution is -2.29. The number of aryl methyl sites for hydroxylation is 2. The van der Waals surface area contributed by atoms with E-state index in [-0.39, 0.29) is 0 Å². The monoisotopic (exact) mass is 338 g/mol. The van der Waals surface area contributed by atoms with Gasteiger partial charge in [0.15, 0.2) is 0 Å². The fourth-order valence-corrected chi connectivity index (χ4v) is 4.35.